The van der Waals surface area contributed by atoms with E-state index in [0.717, 1.165) is 35.3 Å². The van der Waals surface area contributed by atoms with Crippen LogP contribution in [0.2, 0.25) is 0 Å². The molecule has 0 fully saturated rings. The van der Waals surface area contributed by atoms with E-state index < -0.39 is 5.91 Å². The Balaban J connectivity index is 1.32. The summed E-state index contributed by atoms with van der Waals surface area (Å²) in [5.74, 6) is 0.364. The van der Waals surface area contributed by atoms with Crippen LogP contribution in [-0.2, 0) is 6.61 Å². The molecule has 0 aliphatic heterocycles. The molecule has 35 heavy (non-hydrogen) atoms. The van der Waals surface area contributed by atoms with Gasteiger partial charge in [0.15, 0.2) is 5.76 Å². The third-order valence-electron chi connectivity index (χ3n) is 5.36. The molecule has 0 spiro atoms. The highest BCUT2D eigenvalue weighted by atomic mass is 79.9. The molecular formula is C27H17Br3N2O3. The second-order valence-electron chi connectivity index (χ2n) is 7.72. The highest BCUT2D eigenvalue weighted by molar-refractivity contribution is 9.11. The molecule has 1 aromatic heterocycles. The third-order valence-corrected chi connectivity index (χ3v) is 6.90. The summed E-state index contributed by atoms with van der Waals surface area (Å²) in [7, 11) is 0. The van der Waals surface area contributed by atoms with Crippen molar-refractivity contribution in [2.24, 2.45) is 5.10 Å². The molecule has 0 aliphatic rings. The van der Waals surface area contributed by atoms with Crippen LogP contribution in [0.3, 0.4) is 0 Å². The number of amides is 1. The van der Waals surface area contributed by atoms with Gasteiger partial charge >= 0.3 is 5.91 Å². The largest absolute Gasteiger partial charge is 0.488 e. The number of hydrogen-bond acceptors (Lipinski definition) is 4. The SMILES string of the molecule is O=C(N/N=C\c1cc(Br)ccc1OCc1cccc2ccccc12)c1cc2cc(Br)cc(Br)c2o1. The number of rotatable bonds is 6. The van der Waals surface area contributed by atoms with Crippen molar-refractivity contribution in [3.8, 4) is 5.75 Å². The first-order valence-corrected chi connectivity index (χ1v) is 13.0. The third kappa shape index (κ3) is 5.34. The van der Waals surface area contributed by atoms with E-state index in [1.807, 2.05) is 48.5 Å². The summed E-state index contributed by atoms with van der Waals surface area (Å²) in [5.41, 5.74) is 4.93. The number of carbonyl (C=O) groups is 1. The van der Waals surface area contributed by atoms with Crippen molar-refractivity contribution >= 4 is 81.7 Å². The van der Waals surface area contributed by atoms with Gasteiger partial charge in [-0.05, 0) is 68.7 Å². The van der Waals surface area contributed by atoms with Crippen molar-refractivity contribution in [1.82, 2.24) is 5.43 Å². The second-order valence-corrected chi connectivity index (χ2v) is 10.4. The Labute approximate surface area is 226 Å². The quantitative estimate of drug-likeness (QED) is 0.148. The predicted molar refractivity (Wildman–Crippen MR) is 149 cm³/mol. The fourth-order valence-electron chi connectivity index (χ4n) is 3.73. The van der Waals surface area contributed by atoms with Crippen LogP contribution in [0.25, 0.3) is 21.7 Å². The second kappa shape index (κ2) is 10.4. The zero-order valence-corrected chi connectivity index (χ0v) is 22.9. The number of furan rings is 1. The summed E-state index contributed by atoms with van der Waals surface area (Å²) >= 11 is 10.4. The van der Waals surface area contributed by atoms with Gasteiger partial charge in [0.25, 0.3) is 0 Å². The summed E-state index contributed by atoms with van der Waals surface area (Å²) in [6.07, 6.45) is 1.55. The number of ether oxygens (including phenoxy) is 1. The fraction of sp³-hybridized carbons (Fsp3) is 0.0370. The monoisotopic (exact) mass is 654 g/mol. The number of hydrogen-bond donors (Lipinski definition) is 1. The summed E-state index contributed by atoms with van der Waals surface area (Å²) in [4.78, 5) is 12.6. The number of benzene rings is 4. The zero-order chi connectivity index (χ0) is 24.4. The molecule has 5 rings (SSSR count). The number of halogens is 3. The molecule has 0 saturated carbocycles. The van der Waals surface area contributed by atoms with Crippen LogP contribution >= 0.6 is 47.8 Å². The van der Waals surface area contributed by atoms with E-state index in [9.17, 15) is 4.79 Å². The van der Waals surface area contributed by atoms with Crippen LogP contribution < -0.4 is 10.2 Å². The van der Waals surface area contributed by atoms with Gasteiger partial charge in [0.1, 0.15) is 17.9 Å². The molecule has 8 heteroatoms. The number of hydrazone groups is 1. The molecule has 174 valence electrons. The smallest absolute Gasteiger partial charge is 0.307 e. The van der Waals surface area contributed by atoms with Gasteiger partial charge < -0.3 is 9.15 Å². The van der Waals surface area contributed by atoms with Crippen LogP contribution in [0.5, 0.6) is 5.75 Å². The molecule has 1 heterocycles. The summed E-state index contributed by atoms with van der Waals surface area (Å²) in [5, 5.41) is 7.25. The maximum absolute atomic E-state index is 12.6. The lowest BCUT2D eigenvalue weighted by Crippen LogP contribution is -2.16. The minimum absolute atomic E-state index is 0.164. The Morgan fingerprint density at radius 3 is 2.63 bits per heavy atom. The Morgan fingerprint density at radius 1 is 0.914 bits per heavy atom. The predicted octanol–water partition coefficient (Wildman–Crippen LogP) is 8.22. The summed E-state index contributed by atoms with van der Waals surface area (Å²) in [6, 6.07) is 25.4. The van der Waals surface area contributed by atoms with Gasteiger partial charge in [-0.2, -0.15) is 5.10 Å². The number of carbonyl (C=O) groups excluding carboxylic acids is 1. The molecular weight excluding hydrogens is 640 g/mol. The minimum atomic E-state index is -0.450. The zero-order valence-electron chi connectivity index (χ0n) is 18.1. The number of nitrogens with zero attached hydrogens (tertiary/aromatic N) is 1. The molecule has 0 radical (unpaired) electrons. The highest BCUT2D eigenvalue weighted by Gasteiger charge is 2.14. The Kier molecular flexibility index (Phi) is 7.04. The number of fused-ring (bicyclic) bond motifs is 2. The van der Waals surface area contributed by atoms with Crippen LogP contribution in [-0.4, -0.2) is 12.1 Å². The van der Waals surface area contributed by atoms with Gasteiger partial charge in [-0.25, -0.2) is 5.43 Å². The normalized spacial score (nSPS) is 11.4. The van der Waals surface area contributed by atoms with Gasteiger partial charge in [0.05, 0.1) is 10.7 Å². The van der Waals surface area contributed by atoms with E-state index in [4.69, 9.17) is 9.15 Å². The lowest BCUT2D eigenvalue weighted by molar-refractivity contribution is 0.0929. The van der Waals surface area contributed by atoms with Crippen molar-refractivity contribution in [1.29, 1.82) is 0 Å². The van der Waals surface area contributed by atoms with Crippen molar-refractivity contribution in [3.63, 3.8) is 0 Å². The fourth-order valence-corrected chi connectivity index (χ4v) is 5.45. The van der Waals surface area contributed by atoms with Crippen molar-refractivity contribution in [2.75, 3.05) is 0 Å². The Morgan fingerprint density at radius 2 is 1.74 bits per heavy atom. The maximum Gasteiger partial charge on any atom is 0.307 e. The molecule has 1 amide bonds. The number of nitrogens with one attached hydrogen (secondary N) is 1. The van der Waals surface area contributed by atoms with E-state index in [0.29, 0.717) is 17.9 Å². The first kappa shape index (κ1) is 23.8. The van der Waals surface area contributed by atoms with Crippen LogP contribution in [0, 0.1) is 0 Å². The Bertz CT molecular complexity index is 1590. The van der Waals surface area contributed by atoms with Crippen molar-refractivity contribution in [3.05, 3.63) is 109 Å². The average molecular weight is 657 g/mol. The maximum atomic E-state index is 12.6. The van der Waals surface area contributed by atoms with Gasteiger partial charge in [0.2, 0.25) is 0 Å². The van der Waals surface area contributed by atoms with E-state index in [1.54, 1.807) is 12.3 Å². The van der Waals surface area contributed by atoms with Crippen LogP contribution in [0.15, 0.2) is 102 Å². The molecule has 5 nitrogen and oxygen atoms in total. The van der Waals surface area contributed by atoms with Gasteiger partial charge in [0, 0.05) is 19.9 Å². The molecule has 0 saturated heterocycles. The first-order chi connectivity index (χ1) is 17.0. The van der Waals surface area contributed by atoms with Crippen molar-refractivity contribution in [2.45, 2.75) is 6.61 Å². The molecule has 5 aromatic rings. The molecule has 0 unspecified atom stereocenters. The topological polar surface area (TPSA) is 63.8 Å². The lowest BCUT2D eigenvalue weighted by atomic mass is 10.1. The van der Waals surface area contributed by atoms with E-state index >= 15 is 0 Å². The standard InChI is InChI=1S/C27H17Br3N2O3/c28-20-8-9-24(34-15-17-6-3-5-16-4-1-2-7-22(16)17)19(11-20)14-31-32-27(33)25-12-18-10-21(29)13-23(30)26(18)35-25/h1-14H,15H2,(H,32,33)/b31-14-. The Hall–Kier alpha value is -2.94. The highest BCUT2D eigenvalue weighted by Crippen LogP contribution is 2.31. The molecule has 0 aliphatic carbocycles. The van der Waals surface area contributed by atoms with Crippen molar-refractivity contribution < 1.29 is 13.9 Å². The van der Waals surface area contributed by atoms with Crippen LogP contribution in [0.4, 0.5) is 0 Å². The summed E-state index contributed by atoms with van der Waals surface area (Å²) in [6.45, 7) is 0.402. The van der Waals surface area contributed by atoms with Gasteiger partial charge in [-0.1, -0.05) is 74.3 Å². The van der Waals surface area contributed by atoms with Crippen LogP contribution in [0.1, 0.15) is 21.7 Å². The van der Waals surface area contributed by atoms with E-state index in [-0.39, 0.29) is 5.76 Å². The molecule has 0 atom stereocenters. The van der Waals surface area contributed by atoms with Gasteiger partial charge in [-0.3, -0.25) is 4.79 Å². The minimum Gasteiger partial charge on any atom is -0.488 e. The van der Waals surface area contributed by atoms with Gasteiger partial charge in [-0.15, -0.1) is 0 Å². The average Bonchev–Trinajstić information content (AvgIpc) is 3.28. The molecule has 4 aromatic carbocycles. The lowest BCUT2D eigenvalue weighted by Gasteiger charge is -2.11. The van der Waals surface area contributed by atoms with E-state index in [1.165, 1.54) is 5.39 Å². The first-order valence-electron chi connectivity index (χ1n) is 10.6. The van der Waals surface area contributed by atoms with E-state index in [2.05, 4.69) is 82.6 Å². The molecule has 0 bridgehead atoms. The summed E-state index contributed by atoms with van der Waals surface area (Å²) < 4.78 is 14.3. The molecule has 1 N–H and O–H groups in total.